The molecular formula is C27H37N3O5. The minimum absolute atomic E-state index is 0.112. The van der Waals surface area contributed by atoms with Gasteiger partial charge in [-0.3, -0.25) is 19.7 Å². The molecule has 2 N–H and O–H groups in total. The van der Waals surface area contributed by atoms with E-state index in [1.54, 1.807) is 4.90 Å². The molecule has 4 aliphatic rings. The van der Waals surface area contributed by atoms with Gasteiger partial charge in [-0.25, -0.2) is 0 Å². The summed E-state index contributed by atoms with van der Waals surface area (Å²) in [5.74, 6) is 0.672. The van der Waals surface area contributed by atoms with Crippen LogP contribution >= 0.6 is 0 Å². The molecule has 0 aromatic heterocycles. The van der Waals surface area contributed by atoms with Gasteiger partial charge in [-0.05, 0) is 87.6 Å². The van der Waals surface area contributed by atoms with Gasteiger partial charge in [-0.2, -0.15) is 0 Å². The molecule has 8 heteroatoms. The number of fused-ring (bicyclic) bond motifs is 1. The number of piperidine rings is 1. The van der Waals surface area contributed by atoms with Crippen LogP contribution in [0.25, 0.3) is 0 Å². The normalized spacial score (nSPS) is 31.3. The quantitative estimate of drug-likeness (QED) is 0.579. The topological polar surface area (TPSA) is 97.0 Å². The van der Waals surface area contributed by atoms with Crippen molar-refractivity contribution in [2.24, 2.45) is 5.92 Å². The summed E-state index contributed by atoms with van der Waals surface area (Å²) in [5.41, 5.74) is 1.50. The Morgan fingerprint density at radius 2 is 1.83 bits per heavy atom. The third-order valence-corrected chi connectivity index (χ3v) is 8.28. The fourth-order valence-electron chi connectivity index (χ4n) is 6.16. The Morgan fingerprint density at radius 3 is 2.60 bits per heavy atom. The van der Waals surface area contributed by atoms with Crippen LogP contribution in [0.2, 0.25) is 0 Å². The number of carbonyl (C=O) groups is 3. The molecule has 2 aliphatic carbocycles. The van der Waals surface area contributed by atoms with E-state index in [9.17, 15) is 14.4 Å². The lowest BCUT2D eigenvalue weighted by atomic mass is 9.86. The van der Waals surface area contributed by atoms with Gasteiger partial charge in [0, 0.05) is 31.7 Å². The highest BCUT2D eigenvalue weighted by molar-refractivity contribution is 6.05. The molecule has 35 heavy (non-hydrogen) atoms. The monoisotopic (exact) mass is 483 g/mol. The van der Waals surface area contributed by atoms with Gasteiger partial charge < -0.3 is 19.7 Å². The summed E-state index contributed by atoms with van der Waals surface area (Å²) in [7, 11) is 1.81. The third-order valence-electron chi connectivity index (χ3n) is 8.28. The van der Waals surface area contributed by atoms with Crippen molar-refractivity contribution in [1.82, 2.24) is 15.5 Å². The van der Waals surface area contributed by atoms with Crippen molar-refractivity contribution in [3.63, 3.8) is 0 Å². The minimum Gasteiger partial charge on any atom is -0.489 e. The van der Waals surface area contributed by atoms with Crippen LogP contribution in [0.5, 0.6) is 5.75 Å². The second kappa shape index (κ2) is 10.7. The molecule has 3 fully saturated rings. The maximum absolute atomic E-state index is 13.0. The second-order valence-electron chi connectivity index (χ2n) is 10.6. The van der Waals surface area contributed by atoms with E-state index >= 15 is 0 Å². The van der Waals surface area contributed by atoms with E-state index in [-0.39, 0.29) is 30.2 Å². The Kier molecular flexibility index (Phi) is 7.39. The molecule has 2 saturated carbocycles. The van der Waals surface area contributed by atoms with E-state index in [2.05, 4.69) is 10.6 Å². The Hall–Kier alpha value is -2.45. The van der Waals surface area contributed by atoms with Gasteiger partial charge in [-0.1, -0.05) is 6.42 Å². The van der Waals surface area contributed by atoms with Crippen LogP contribution in [-0.4, -0.2) is 60.6 Å². The van der Waals surface area contributed by atoms with Crippen LogP contribution in [0.4, 0.5) is 0 Å². The molecule has 5 rings (SSSR count). The number of ether oxygens (including phenoxy) is 2. The maximum Gasteiger partial charge on any atom is 0.255 e. The summed E-state index contributed by atoms with van der Waals surface area (Å²) in [6.07, 6.45) is 10.4. The number of hydrogen-bond acceptors (Lipinski definition) is 6. The second-order valence-corrected chi connectivity index (χ2v) is 10.6. The van der Waals surface area contributed by atoms with Crippen molar-refractivity contribution in [2.45, 2.75) is 95.0 Å². The average Bonchev–Trinajstić information content (AvgIpc) is 3.19. The number of amides is 3. The Bertz CT molecular complexity index is 958. The molecule has 0 radical (unpaired) electrons. The first kappa shape index (κ1) is 24.3. The maximum atomic E-state index is 13.0. The number of nitrogens with zero attached hydrogens (tertiary/aromatic N) is 1. The predicted molar refractivity (Wildman–Crippen MR) is 130 cm³/mol. The van der Waals surface area contributed by atoms with Crippen molar-refractivity contribution in [3.8, 4) is 5.75 Å². The van der Waals surface area contributed by atoms with Gasteiger partial charge in [0.2, 0.25) is 11.8 Å². The number of rotatable bonds is 7. The fourth-order valence-corrected chi connectivity index (χ4v) is 6.16. The van der Waals surface area contributed by atoms with Gasteiger partial charge in [0.05, 0.1) is 6.10 Å². The first-order valence-electron chi connectivity index (χ1n) is 13.2. The zero-order valence-corrected chi connectivity index (χ0v) is 20.6. The van der Waals surface area contributed by atoms with E-state index < -0.39 is 6.04 Å². The van der Waals surface area contributed by atoms with E-state index in [1.165, 1.54) is 19.3 Å². The zero-order valence-electron chi connectivity index (χ0n) is 20.6. The van der Waals surface area contributed by atoms with Crippen molar-refractivity contribution >= 4 is 17.7 Å². The molecule has 190 valence electrons. The van der Waals surface area contributed by atoms with E-state index in [4.69, 9.17) is 9.47 Å². The lowest BCUT2D eigenvalue weighted by Gasteiger charge is -2.35. The molecule has 1 saturated heterocycles. The van der Waals surface area contributed by atoms with Crippen LogP contribution in [0.15, 0.2) is 18.2 Å². The highest BCUT2D eigenvalue weighted by Gasteiger charge is 2.39. The summed E-state index contributed by atoms with van der Waals surface area (Å²) in [6.45, 7) is 1.40. The minimum atomic E-state index is -0.595. The van der Waals surface area contributed by atoms with Gasteiger partial charge in [0.25, 0.3) is 5.91 Å². The highest BCUT2D eigenvalue weighted by Crippen LogP contribution is 2.32. The number of methoxy groups -OCH3 is 1. The molecule has 0 bridgehead atoms. The molecule has 0 spiro atoms. The number of nitrogens with one attached hydrogen (secondary N) is 2. The third kappa shape index (κ3) is 5.38. The Balaban J connectivity index is 1.19. The first-order chi connectivity index (χ1) is 17.0. The van der Waals surface area contributed by atoms with Crippen LogP contribution < -0.4 is 15.4 Å². The van der Waals surface area contributed by atoms with Crippen molar-refractivity contribution in [3.05, 3.63) is 29.3 Å². The standard InChI is InChI=1S/C27H37N3O5/c1-34-19-8-6-17(7-9-19)15-28-22-4-2-3-5-24(22)35-20-10-11-21-18(14-20)16-30(27(21)33)23-12-13-25(31)29-26(23)32/h10-11,14,17,19,22-24,28H,2-9,12-13,15-16H2,1H3,(H,29,31,32)/t17-,19+,22-,23?,24-/m0/s1. The summed E-state index contributed by atoms with van der Waals surface area (Å²) in [4.78, 5) is 38.3. The molecule has 1 aromatic rings. The molecule has 1 unspecified atom stereocenters. The molecular weight excluding hydrogens is 446 g/mol. The average molecular weight is 484 g/mol. The van der Waals surface area contributed by atoms with Gasteiger partial charge in [-0.15, -0.1) is 0 Å². The van der Waals surface area contributed by atoms with E-state index in [0.717, 1.165) is 50.0 Å². The predicted octanol–water partition coefficient (Wildman–Crippen LogP) is 2.93. The summed E-state index contributed by atoms with van der Waals surface area (Å²) in [6, 6.07) is 5.39. The Morgan fingerprint density at radius 1 is 1.03 bits per heavy atom. The van der Waals surface area contributed by atoms with Crippen LogP contribution in [-0.2, 0) is 20.9 Å². The molecule has 2 heterocycles. The van der Waals surface area contributed by atoms with Crippen LogP contribution in [0.1, 0.15) is 80.1 Å². The summed E-state index contributed by atoms with van der Waals surface area (Å²) >= 11 is 0. The van der Waals surface area contributed by atoms with Gasteiger partial charge >= 0.3 is 0 Å². The molecule has 3 atom stereocenters. The van der Waals surface area contributed by atoms with Crippen molar-refractivity contribution < 1.29 is 23.9 Å². The number of hydrogen-bond donors (Lipinski definition) is 2. The molecule has 3 amide bonds. The van der Waals surface area contributed by atoms with E-state index in [1.807, 2.05) is 25.3 Å². The van der Waals surface area contributed by atoms with Crippen LogP contribution in [0, 0.1) is 5.92 Å². The summed E-state index contributed by atoms with van der Waals surface area (Å²) in [5, 5.41) is 6.17. The number of carbonyl (C=O) groups excluding carboxylic acids is 3. The van der Waals surface area contributed by atoms with Crippen molar-refractivity contribution in [1.29, 1.82) is 0 Å². The molecule has 2 aliphatic heterocycles. The lowest BCUT2D eigenvalue weighted by Crippen LogP contribution is -2.52. The molecule has 8 nitrogen and oxygen atoms in total. The lowest BCUT2D eigenvalue weighted by molar-refractivity contribution is -0.136. The Labute approximate surface area is 207 Å². The number of imide groups is 1. The SMILES string of the molecule is CO[C@H]1CC[C@@H](CN[C@H]2CCCC[C@@H]2Oc2ccc3c(c2)CN(C2CCC(=O)NC2=O)C3=O)CC1. The zero-order chi connectivity index (χ0) is 24.4. The first-order valence-corrected chi connectivity index (χ1v) is 13.2. The van der Waals surface area contributed by atoms with Crippen LogP contribution in [0.3, 0.4) is 0 Å². The summed E-state index contributed by atoms with van der Waals surface area (Å²) < 4.78 is 12.0. The van der Waals surface area contributed by atoms with E-state index in [0.29, 0.717) is 36.6 Å². The highest BCUT2D eigenvalue weighted by atomic mass is 16.5. The van der Waals surface area contributed by atoms with Crippen molar-refractivity contribution in [2.75, 3.05) is 13.7 Å². The smallest absolute Gasteiger partial charge is 0.255 e. The fraction of sp³-hybridized carbons (Fsp3) is 0.667. The van der Waals surface area contributed by atoms with Gasteiger partial charge in [0.1, 0.15) is 17.9 Å². The largest absolute Gasteiger partial charge is 0.489 e. The number of benzene rings is 1. The van der Waals surface area contributed by atoms with Gasteiger partial charge in [0.15, 0.2) is 0 Å². The molecule has 1 aromatic carbocycles.